The van der Waals surface area contributed by atoms with Crippen molar-refractivity contribution < 1.29 is 24.1 Å². The Morgan fingerprint density at radius 3 is 2.81 bits per heavy atom. The van der Waals surface area contributed by atoms with Crippen LogP contribution in [0.15, 0.2) is 43.0 Å². The van der Waals surface area contributed by atoms with Crippen molar-refractivity contribution in [2.45, 2.75) is 31.1 Å². The number of pyridine rings is 2. The van der Waals surface area contributed by atoms with Gasteiger partial charge in [0.25, 0.3) is 5.91 Å². The maximum atomic E-state index is 13.9. The Morgan fingerprint density at radius 1 is 1.22 bits per heavy atom. The third-order valence-electron chi connectivity index (χ3n) is 5.61. The average Bonchev–Trinajstić information content (AvgIpc) is 3.43. The van der Waals surface area contributed by atoms with E-state index < -0.39 is 36.3 Å². The number of hydrogen-bond acceptors (Lipinski definition) is 10. The summed E-state index contributed by atoms with van der Waals surface area (Å²) in [6, 6.07) is 6.41. The number of aromatic nitrogens is 6. The van der Waals surface area contributed by atoms with Crippen molar-refractivity contribution in [1.29, 1.82) is 0 Å². The first-order valence-electron chi connectivity index (χ1n) is 10.8. The minimum atomic E-state index is -1.48. The van der Waals surface area contributed by atoms with E-state index in [4.69, 9.17) is 16.3 Å². The van der Waals surface area contributed by atoms with Gasteiger partial charge in [0.05, 0.1) is 24.8 Å². The van der Waals surface area contributed by atoms with Crippen LogP contribution in [0.25, 0.3) is 22.6 Å². The second kappa shape index (κ2) is 9.70. The average molecular weight is 515 g/mol. The summed E-state index contributed by atoms with van der Waals surface area (Å²) in [6.07, 6.45) is -1.60. The highest BCUT2D eigenvalue weighted by Crippen LogP contribution is 2.33. The summed E-state index contributed by atoms with van der Waals surface area (Å²) in [7, 11) is 1.39. The number of ether oxygens (including phenoxy) is 1. The van der Waals surface area contributed by atoms with Crippen LogP contribution in [0.5, 0.6) is 0 Å². The summed E-state index contributed by atoms with van der Waals surface area (Å²) in [4.78, 5) is 33.5. The summed E-state index contributed by atoms with van der Waals surface area (Å²) in [6.45, 7) is 0.236. The molecule has 1 aliphatic heterocycles. The van der Waals surface area contributed by atoms with Crippen molar-refractivity contribution in [2.75, 3.05) is 12.4 Å². The molecule has 12 nitrogen and oxygen atoms in total. The molecule has 186 valence electrons. The number of carbonyl (C=O) groups excluding carboxylic acids is 1. The Morgan fingerprint density at radius 2 is 2.06 bits per heavy atom. The molecule has 1 fully saturated rings. The normalized spacial score (nSPS) is 21.6. The zero-order chi connectivity index (χ0) is 25.4. The Hall–Kier alpha value is -3.78. The first kappa shape index (κ1) is 23.9. The lowest BCUT2D eigenvalue weighted by atomic mass is 10.1. The molecule has 1 saturated heterocycles. The fraction of sp³-hybridized carbons (Fsp3) is 0.273. The molecule has 0 saturated carbocycles. The molecule has 0 aliphatic carbocycles. The van der Waals surface area contributed by atoms with E-state index in [9.17, 15) is 19.4 Å². The molecule has 36 heavy (non-hydrogen) atoms. The van der Waals surface area contributed by atoms with Gasteiger partial charge < -0.3 is 25.6 Å². The fourth-order valence-corrected chi connectivity index (χ4v) is 4.04. The Balaban J connectivity index is 1.58. The van der Waals surface area contributed by atoms with E-state index >= 15 is 0 Å². The van der Waals surface area contributed by atoms with Crippen LogP contribution >= 0.6 is 11.6 Å². The molecule has 5 rings (SSSR count). The molecular formula is C22H20ClFN8O4. The van der Waals surface area contributed by atoms with Crippen molar-refractivity contribution in [3.05, 3.63) is 59.7 Å². The number of fused-ring (bicyclic) bond motifs is 1. The van der Waals surface area contributed by atoms with E-state index in [1.165, 1.54) is 30.2 Å². The van der Waals surface area contributed by atoms with Crippen molar-refractivity contribution >= 4 is 34.5 Å². The number of rotatable bonds is 6. The van der Waals surface area contributed by atoms with Crippen LogP contribution in [-0.4, -0.2) is 71.0 Å². The summed E-state index contributed by atoms with van der Waals surface area (Å²) < 4.78 is 20.9. The standard InChI is InChI=1S/C22H20ClFN8O4/c1-25-21(35)17-15(33)16(34)22(36-17)32-9-28-14-19(27-8-12-3-2-4-13(23)29-12)30-18(31-20(14)32)10-5-11(24)7-26-6-10/h2-7,9,15-17,22,33-34H,8H2,1H3,(H,25,35)(H,27,30,31). The van der Waals surface area contributed by atoms with Crippen LogP contribution in [0.1, 0.15) is 11.9 Å². The largest absolute Gasteiger partial charge is 0.387 e. The van der Waals surface area contributed by atoms with Crippen molar-refractivity contribution in [2.24, 2.45) is 0 Å². The molecule has 4 unspecified atom stereocenters. The summed E-state index contributed by atoms with van der Waals surface area (Å²) in [5, 5.41) is 26.9. The van der Waals surface area contributed by atoms with Crippen LogP contribution in [0.2, 0.25) is 5.15 Å². The molecule has 0 aromatic carbocycles. The lowest BCUT2D eigenvalue weighted by Crippen LogP contribution is -2.41. The van der Waals surface area contributed by atoms with Gasteiger partial charge in [-0.3, -0.25) is 14.3 Å². The van der Waals surface area contributed by atoms with Gasteiger partial charge in [-0.2, -0.15) is 0 Å². The molecule has 14 heteroatoms. The number of nitrogens with one attached hydrogen (secondary N) is 2. The van der Waals surface area contributed by atoms with Crippen molar-refractivity contribution in [1.82, 2.24) is 34.8 Å². The number of aliphatic hydroxyl groups excluding tert-OH is 2. The molecule has 0 bridgehead atoms. The predicted molar refractivity (Wildman–Crippen MR) is 125 cm³/mol. The molecule has 5 heterocycles. The second-order valence-corrected chi connectivity index (χ2v) is 8.35. The van der Waals surface area contributed by atoms with Crippen LogP contribution in [0.3, 0.4) is 0 Å². The molecule has 0 radical (unpaired) electrons. The quantitative estimate of drug-likeness (QED) is 0.274. The van der Waals surface area contributed by atoms with Crippen molar-refractivity contribution in [3.8, 4) is 11.4 Å². The lowest BCUT2D eigenvalue weighted by molar-refractivity contribution is -0.137. The number of nitrogens with zero attached hydrogens (tertiary/aromatic N) is 6. The molecule has 4 atom stereocenters. The minimum absolute atomic E-state index is 0.119. The maximum absolute atomic E-state index is 13.9. The van der Waals surface area contributed by atoms with Gasteiger partial charge in [-0.1, -0.05) is 17.7 Å². The van der Waals surface area contributed by atoms with Gasteiger partial charge in [0.15, 0.2) is 35.1 Å². The van der Waals surface area contributed by atoms with E-state index in [0.29, 0.717) is 21.9 Å². The fourth-order valence-electron chi connectivity index (χ4n) is 3.86. The van der Waals surface area contributed by atoms with E-state index in [-0.39, 0.29) is 23.8 Å². The number of hydrogen-bond donors (Lipinski definition) is 4. The van der Waals surface area contributed by atoms with E-state index in [0.717, 1.165) is 6.20 Å². The highest BCUT2D eigenvalue weighted by molar-refractivity contribution is 6.29. The van der Waals surface area contributed by atoms with Gasteiger partial charge in [-0.25, -0.2) is 24.3 Å². The van der Waals surface area contributed by atoms with Gasteiger partial charge in [0, 0.05) is 18.8 Å². The highest BCUT2D eigenvalue weighted by Gasteiger charge is 2.47. The number of halogens is 2. The summed E-state index contributed by atoms with van der Waals surface area (Å²) in [5.74, 6) is -0.760. The Kier molecular flexibility index (Phi) is 6.45. The molecule has 1 aliphatic rings. The third-order valence-corrected chi connectivity index (χ3v) is 5.82. The molecule has 4 aromatic heterocycles. The monoisotopic (exact) mass is 514 g/mol. The lowest BCUT2D eigenvalue weighted by Gasteiger charge is -2.17. The number of anilines is 1. The summed E-state index contributed by atoms with van der Waals surface area (Å²) in [5.41, 5.74) is 1.44. The van der Waals surface area contributed by atoms with Gasteiger partial charge in [0.1, 0.15) is 23.2 Å². The molecule has 4 aromatic rings. The predicted octanol–water partition coefficient (Wildman–Crippen LogP) is 1.05. The van der Waals surface area contributed by atoms with Gasteiger partial charge in [-0.05, 0) is 18.2 Å². The smallest absolute Gasteiger partial charge is 0.251 e. The van der Waals surface area contributed by atoms with Crippen molar-refractivity contribution in [3.63, 3.8) is 0 Å². The van der Waals surface area contributed by atoms with Gasteiger partial charge in [0.2, 0.25) is 0 Å². The van der Waals surface area contributed by atoms with Crippen LogP contribution in [0, 0.1) is 5.82 Å². The number of amides is 1. The minimum Gasteiger partial charge on any atom is -0.387 e. The first-order valence-corrected chi connectivity index (χ1v) is 11.2. The second-order valence-electron chi connectivity index (χ2n) is 7.96. The highest BCUT2D eigenvalue weighted by atomic mass is 35.5. The van der Waals surface area contributed by atoms with E-state index in [1.54, 1.807) is 18.2 Å². The number of likely N-dealkylation sites (N-methyl/N-ethyl adjacent to an activating group) is 1. The number of aliphatic hydroxyl groups is 2. The maximum Gasteiger partial charge on any atom is 0.251 e. The molecule has 1 amide bonds. The SMILES string of the molecule is CNC(=O)C1OC(n2cnc3c(NCc4cccc(Cl)n4)nc(-c4cncc(F)c4)nc32)C(O)C1O. The van der Waals surface area contributed by atoms with E-state index in [1.807, 2.05) is 0 Å². The first-order chi connectivity index (χ1) is 17.4. The van der Waals surface area contributed by atoms with Gasteiger partial charge in [-0.15, -0.1) is 0 Å². The van der Waals surface area contributed by atoms with Gasteiger partial charge >= 0.3 is 0 Å². The Labute approximate surface area is 208 Å². The van der Waals surface area contributed by atoms with E-state index in [2.05, 4.69) is 35.6 Å². The topological polar surface area (TPSA) is 160 Å². The summed E-state index contributed by atoms with van der Waals surface area (Å²) >= 11 is 5.98. The van der Waals surface area contributed by atoms with Crippen LogP contribution in [-0.2, 0) is 16.1 Å². The zero-order valence-electron chi connectivity index (χ0n) is 18.7. The molecule has 0 spiro atoms. The molecular weight excluding hydrogens is 495 g/mol. The zero-order valence-corrected chi connectivity index (χ0v) is 19.5. The number of imidazole rings is 1. The Bertz CT molecular complexity index is 1440. The van der Waals surface area contributed by atoms with Crippen LogP contribution < -0.4 is 10.6 Å². The van der Waals surface area contributed by atoms with Crippen LogP contribution in [0.4, 0.5) is 10.2 Å². The third kappa shape index (κ3) is 4.44. The molecule has 4 N–H and O–H groups in total. The number of carbonyl (C=O) groups is 1.